The molecular weight excluding hydrogens is 310 g/mol. The van der Waals surface area contributed by atoms with Crippen molar-refractivity contribution in [2.75, 3.05) is 26.2 Å². The van der Waals surface area contributed by atoms with Crippen molar-refractivity contribution in [3.8, 4) is 5.75 Å². The van der Waals surface area contributed by atoms with E-state index in [-0.39, 0.29) is 5.56 Å². The highest BCUT2D eigenvalue weighted by Crippen LogP contribution is 2.26. The van der Waals surface area contributed by atoms with Gasteiger partial charge < -0.3 is 14.7 Å². The predicted octanol–water partition coefficient (Wildman–Crippen LogP) is 3.01. The fraction of sp³-hybridized carbons (Fsp3) is 0.500. The number of hydrogen-bond acceptors (Lipinski definition) is 3. The van der Waals surface area contributed by atoms with Gasteiger partial charge in [-0.15, -0.1) is 0 Å². The molecule has 19 heavy (non-hydrogen) atoms. The zero-order chi connectivity index (χ0) is 13.7. The van der Waals surface area contributed by atoms with Gasteiger partial charge in [0, 0.05) is 6.54 Å². The van der Waals surface area contributed by atoms with Crippen LogP contribution in [0.5, 0.6) is 5.75 Å². The Morgan fingerprint density at radius 2 is 2.11 bits per heavy atom. The van der Waals surface area contributed by atoms with Crippen LogP contribution in [-0.4, -0.2) is 42.2 Å². The van der Waals surface area contributed by atoms with Crippen LogP contribution in [0.1, 0.15) is 29.6 Å². The van der Waals surface area contributed by atoms with E-state index in [1.165, 1.54) is 25.9 Å². The highest BCUT2D eigenvalue weighted by Gasteiger charge is 2.11. The largest absolute Gasteiger partial charge is 0.492 e. The van der Waals surface area contributed by atoms with E-state index in [9.17, 15) is 4.79 Å². The summed E-state index contributed by atoms with van der Waals surface area (Å²) in [5.41, 5.74) is 0.248. The number of hydrogen-bond donors (Lipinski definition) is 1. The first-order valence-electron chi connectivity index (χ1n) is 6.55. The lowest BCUT2D eigenvalue weighted by molar-refractivity contribution is 0.0696. The van der Waals surface area contributed by atoms with Gasteiger partial charge in [-0.3, -0.25) is 0 Å². The Kier molecular flexibility index (Phi) is 5.22. The van der Waals surface area contributed by atoms with Gasteiger partial charge in [-0.1, -0.05) is 0 Å². The summed E-state index contributed by atoms with van der Waals surface area (Å²) in [5.74, 6) is -0.337. The summed E-state index contributed by atoms with van der Waals surface area (Å²) < 4.78 is 6.44. The van der Waals surface area contributed by atoms with Crippen molar-refractivity contribution in [3.05, 3.63) is 28.2 Å². The van der Waals surface area contributed by atoms with Crippen molar-refractivity contribution in [1.82, 2.24) is 4.90 Å². The Balaban J connectivity index is 1.81. The van der Waals surface area contributed by atoms with Crippen molar-refractivity contribution in [1.29, 1.82) is 0 Å². The number of nitrogens with zero attached hydrogens (tertiary/aromatic N) is 1. The average molecular weight is 328 g/mol. The quantitative estimate of drug-likeness (QED) is 0.816. The fourth-order valence-electron chi connectivity index (χ4n) is 2.22. The Labute approximate surface area is 121 Å². The lowest BCUT2D eigenvalue weighted by atomic mass is 10.2. The maximum atomic E-state index is 10.9. The number of aromatic carboxylic acids is 1. The molecule has 0 aliphatic carbocycles. The van der Waals surface area contributed by atoms with Crippen LogP contribution in [0.4, 0.5) is 0 Å². The van der Waals surface area contributed by atoms with Crippen molar-refractivity contribution >= 4 is 21.9 Å². The standard InChI is InChI=1S/C14H18BrNO3/c15-12-5-4-11(14(17)18)10-13(12)19-9-3-8-16-6-1-2-7-16/h4-5,10H,1-3,6-9H2,(H,17,18). The number of benzene rings is 1. The summed E-state index contributed by atoms with van der Waals surface area (Å²) in [7, 11) is 0. The second kappa shape index (κ2) is 6.91. The number of carbonyl (C=O) groups is 1. The summed E-state index contributed by atoms with van der Waals surface area (Å²) in [6, 6.07) is 4.82. The molecule has 1 heterocycles. The third kappa shape index (κ3) is 4.21. The maximum Gasteiger partial charge on any atom is 0.335 e. The van der Waals surface area contributed by atoms with Crippen molar-refractivity contribution < 1.29 is 14.6 Å². The normalized spacial score (nSPS) is 15.6. The van der Waals surface area contributed by atoms with Crippen LogP contribution >= 0.6 is 15.9 Å². The first kappa shape index (κ1) is 14.3. The minimum absolute atomic E-state index is 0.248. The highest BCUT2D eigenvalue weighted by atomic mass is 79.9. The van der Waals surface area contributed by atoms with E-state index in [4.69, 9.17) is 9.84 Å². The molecule has 1 aliphatic heterocycles. The molecule has 0 aromatic heterocycles. The van der Waals surface area contributed by atoms with Crippen LogP contribution in [0.15, 0.2) is 22.7 Å². The Morgan fingerprint density at radius 1 is 1.37 bits per heavy atom. The molecule has 1 aromatic carbocycles. The van der Waals surface area contributed by atoms with Crippen LogP contribution in [0.2, 0.25) is 0 Å². The topological polar surface area (TPSA) is 49.8 Å². The van der Waals surface area contributed by atoms with Crippen LogP contribution < -0.4 is 4.74 Å². The third-order valence-corrected chi connectivity index (χ3v) is 3.91. The fourth-order valence-corrected chi connectivity index (χ4v) is 2.58. The molecule has 0 spiro atoms. The molecule has 0 amide bonds. The molecule has 2 rings (SSSR count). The Bertz CT molecular complexity index is 444. The molecule has 0 bridgehead atoms. The molecule has 1 N–H and O–H groups in total. The molecule has 1 aromatic rings. The van der Waals surface area contributed by atoms with Gasteiger partial charge in [-0.2, -0.15) is 0 Å². The minimum Gasteiger partial charge on any atom is -0.492 e. The summed E-state index contributed by atoms with van der Waals surface area (Å²) in [6.07, 6.45) is 3.56. The van der Waals surface area contributed by atoms with Gasteiger partial charge in [0.2, 0.25) is 0 Å². The zero-order valence-electron chi connectivity index (χ0n) is 10.8. The summed E-state index contributed by atoms with van der Waals surface area (Å²) in [5, 5.41) is 8.94. The van der Waals surface area contributed by atoms with E-state index >= 15 is 0 Å². The zero-order valence-corrected chi connectivity index (χ0v) is 12.4. The number of carboxylic acids is 1. The van der Waals surface area contributed by atoms with E-state index in [2.05, 4.69) is 20.8 Å². The Morgan fingerprint density at radius 3 is 2.79 bits per heavy atom. The smallest absolute Gasteiger partial charge is 0.335 e. The second-order valence-electron chi connectivity index (χ2n) is 4.70. The van der Waals surface area contributed by atoms with Gasteiger partial charge >= 0.3 is 5.97 Å². The third-order valence-electron chi connectivity index (χ3n) is 3.25. The summed E-state index contributed by atoms with van der Waals surface area (Å²) >= 11 is 3.37. The lowest BCUT2D eigenvalue weighted by Crippen LogP contribution is -2.21. The van der Waals surface area contributed by atoms with Crippen LogP contribution in [-0.2, 0) is 0 Å². The van der Waals surface area contributed by atoms with E-state index in [0.717, 1.165) is 17.4 Å². The monoisotopic (exact) mass is 327 g/mol. The van der Waals surface area contributed by atoms with Crippen LogP contribution in [0, 0.1) is 0 Å². The number of halogens is 1. The second-order valence-corrected chi connectivity index (χ2v) is 5.56. The first-order valence-corrected chi connectivity index (χ1v) is 7.34. The van der Waals surface area contributed by atoms with Gasteiger partial charge in [0.15, 0.2) is 0 Å². The number of likely N-dealkylation sites (tertiary alicyclic amines) is 1. The predicted molar refractivity (Wildman–Crippen MR) is 76.9 cm³/mol. The van der Waals surface area contributed by atoms with Crippen molar-refractivity contribution in [2.24, 2.45) is 0 Å². The highest BCUT2D eigenvalue weighted by molar-refractivity contribution is 9.10. The molecule has 1 aliphatic rings. The molecule has 0 radical (unpaired) electrons. The first-order chi connectivity index (χ1) is 9.16. The van der Waals surface area contributed by atoms with Gasteiger partial charge in [-0.05, 0) is 66.5 Å². The number of ether oxygens (including phenoxy) is 1. The summed E-state index contributed by atoms with van der Waals surface area (Å²) in [4.78, 5) is 13.3. The molecular formula is C14H18BrNO3. The molecule has 4 nitrogen and oxygen atoms in total. The molecule has 1 saturated heterocycles. The van der Waals surface area contributed by atoms with Crippen molar-refractivity contribution in [3.63, 3.8) is 0 Å². The lowest BCUT2D eigenvalue weighted by Gasteiger charge is -2.15. The maximum absolute atomic E-state index is 10.9. The van der Waals surface area contributed by atoms with E-state index in [1.54, 1.807) is 18.2 Å². The minimum atomic E-state index is -0.936. The average Bonchev–Trinajstić information content (AvgIpc) is 2.89. The summed E-state index contributed by atoms with van der Waals surface area (Å²) in [6.45, 7) is 4.05. The molecule has 0 saturated carbocycles. The molecule has 104 valence electrons. The van der Waals surface area contributed by atoms with Crippen molar-refractivity contribution in [2.45, 2.75) is 19.3 Å². The molecule has 5 heteroatoms. The molecule has 0 unspecified atom stereocenters. The van der Waals surface area contributed by atoms with E-state index < -0.39 is 5.97 Å². The number of rotatable bonds is 6. The van der Waals surface area contributed by atoms with Crippen LogP contribution in [0.3, 0.4) is 0 Å². The molecule has 1 fully saturated rings. The van der Waals surface area contributed by atoms with Gasteiger partial charge in [0.1, 0.15) is 5.75 Å². The van der Waals surface area contributed by atoms with Crippen LogP contribution in [0.25, 0.3) is 0 Å². The Hall–Kier alpha value is -1.07. The van der Waals surface area contributed by atoms with Gasteiger partial charge in [0.05, 0.1) is 16.6 Å². The number of carboxylic acid groups (broad SMARTS) is 1. The van der Waals surface area contributed by atoms with Gasteiger partial charge in [0.25, 0.3) is 0 Å². The van der Waals surface area contributed by atoms with E-state index in [1.807, 2.05) is 0 Å². The van der Waals surface area contributed by atoms with E-state index in [0.29, 0.717) is 12.4 Å². The molecule has 0 atom stereocenters. The SMILES string of the molecule is O=C(O)c1ccc(Br)c(OCCCN2CCCC2)c1. The van der Waals surface area contributed by atoms with Gasteiger partial charge in [-0.25, -0.2) is 4.79 Å².